The fourth-order valence-corrected chi connectivity index (χ4v) is 3.36. The predicted octanol–water partition coefficient (Wildman–Crippen LogP) is 2.88. The molecule has 0 amide bonds. The van der Waals surface area contributed by atoms with Crippen molar-refractivity contribution in [2.75, 3.05) is 19.6 Å². The van der Waals surface area contributed by atoms with Gasteiger partial charge in [0, 0.05) is 25.7 Å². The highest BCUT2D eigenvalue weighted by atomic mass is 16.5. The average Bonchev–Trinajstić information content (AvgIpc) is 2.24. The highest BCUT2D eigenvalue weighted by Crippen LogP contribution is 2.29. The molecule has 1 fully saturated rings. The van der Waals surface area contributed by atoms with Crippen LogP contribution in [0, 0.1) is 6.92 Å². The van der Waals surface area contributed by atoms with Gasteiger partial charge in [-0.25, -0.2) is 0 Å². The lowest BCUT2D eigenvalue weighted by atomic mass is 9.97. The van der Waals surface area contributed by atoms with Gasteiger partial charge in [-0.1, -0.05) is 29.8 Å². The predicted molar refractivity (Wildman–Crippen MR) is 83.8 cm³/mol. The van der Waals surface area contributed by atoms with E-state index in [0.717, 1.165) is 19.6 Å². The molecule has 1 unspecified atom stereocenters. The number of aryl methyl sites for hydroxylation is 1. The van der Waals surface area contributed by atoms with Crippen LogP contribution in [-0.4, -0.2) is 35.7 Å². The molecule has 1 aliphatic heterocycles. The Balaban J connectivity index is 2.05. The monoisotopic (exact) mass is 276 g/mol. The van der Waals surface area contributed by atoms with Crippen molar-refractivity contribution in [3.05, 3.63) is 35.4 Å². The van der Waals surface area contributed by atoms with Gasteiger partial charge in [0.1, 0.15) is 0 Å². The van der Waals surface area contributed by atoms with Crippen molar-refractivity contribution in [1.82, 2.24) is 4.90 Å². The van der Waals surface area contributed by atoms with E-state index in [-0.39, 0.29) is 17.2 Å². The number of nitrogens with two attached hydrogens (primary N) is 1. The molecular weight excluding hydrogens is 248 g/mol. The number of morpholine rings is 1. The van der Waals surface area contributed by atoms with Gasteiger partial charge < -0.3 is 10.5 Å². The Morgan fingerprint density at radius 3 is 2.35 bits per heavy atom. The molecule has 0 aliphatic carbocycles. The van der Waals surface area contributed by atoms with Gasteiger partial charge in [-0.05, 0) is 40.2 Å². The molecule has 1 atom stereocenters. The first-order chi connectivity index (χ1) is 9.17. The van der Waals surface area contributed by atoms with Crippen LogP contribution in [0.25, 0.3) is 0 Å². The first-order valence-corrected chi connectivity index (χ1v) is 7.42. The number of rotatable bonds is 3. The van der Waals surface area contributed by atoms with E-state index in [1.807, 2.05) is 0 Å². The zero-order chi connectivity index (χ0) is 15.0. The Kier molecular flexibility index (Phi) is 4.24. The van der Waals surface area contributed by atoms with Crippen molar-refractivity contribution in [1.29, 1.82) is 0 Å². The van der Waals surface area contributed by atoms with Crippen LogP contribution in [0.1, 0.15) is 44.9 Å². The number of nitrogens with zero attached hydrogens (tertiary/aromatic N) is 1. The molecule has 2 rings (SSSR count). The summed E-state index contributed by atoms with van der Waals surface area (Å²) in [7, 11) is 0. The standard InChI is InChI=1S/C17H28N2O/c1-13-7-6-8-14(9-13)15(18)10-19-11-16(2,3)20-17(4,5)12-19/h6-9,15H,10-12,18H2,1-5H3. The van der Waals surface area contributed by atoms with Crippen LogP contribution in [-0.2, 0) is 4.74 Å². The van der Waals surface area contributed by atoms with Crippen LogP contribution in [0.15, 0.2) is 24.3 Å². The molecule has 3 nitrogen and oxygen atoms in total. The summed E-state index contributed by atoms with van der Waals surface area (Å²) in [5.41, 5.74) is 8.63. The summed E-state index contributed by atoms with van der Waals surface area (Å²) in [6.45, 7) is 13.4. The normalized spacial score (nSPS) is 23.5. The molecule has 112 valence electrons. The van der Waals surface area contributed by atoms with Crippen LogP contribution >= 0.6 is 0 Å². The third-order valence-electron chi connectivity index (χ3n) is 3.69. The van der Waals surface area contributed by atoms with Crippen molar-refractivity contribution < 1.29 is 4.74 Å². The van der Waals surface area contributed by atoms with Crippen molar-refractivity contribution in [2.24, 2.45) is 5.73 Å². The van der Waals surface area contributed by atoms with Gasteiger partial charge >= 0.3 is 0 Å². The number of hydrogen-bond acceptors (Lipinski definition) is 3. The maximum Gasteiger partial charge on any atom is 0.0760 e. The molecule has 1 saturated heterocycles. The SMILES string of the molecule is Cc1cccc(C(N)CN2CC(C)(C)OC(C)(C)C2)c1. The summed E-state index contributed by atoms with van der Waals surface area (Å²) >= 11 is 0. The smallest absolute Gasteiger partial charge is 0.0760 e. The van der Waals surface area contributed by atoms with Gasteiger partial charge in [0.25, 0.3) is 0 Å². The van der Waals surface area contributed by atoms with Crippen molar-refractivity contribution in [2.45, 2.75) is 51.9 Å². The lowest BCUT2D eigenvalue weighted by Gasteiger charge is -2.47. The fourth-order valence-electron chi connectivity index (χ4n) is 3.36. The molecule has 1 aromatic rings. The zero-order valence-electron chi connectivity index (χ0n) is 13.4. The molecule has 20 heavy (non-hydrogen) atoms. The van der Waals surface area contributed by atoms with E-state index in [1.54, 1.807) is 0 Å². The second kappa shape index (κ2) is 5.47. The van der Waals surface area contributed by atoms with E-state index in [9.17, 15) is 0 Å². The highest BCUT2D eigenvalue weighted by molar-refractivity contribution is 5.25. The molecule has 2 N–H and O–H groups in total. The molecule has 1 aromatic carbocycles. The average molecular weight is 276 g/mol. The number of ether oxygens (including phenoxy) is 1. The van der Waals surface area contributed by atoms with E-state index < -0.39 is 0 Å². The van der Waals surface area contributed by atoms with Gasteiger partial charge in [-0.15, -0.1) is 0 Å². The third kappa shape index (κ3) is 4.05. The Labute approximate surface area is 123 Å². The quantitative estimate of drug-likeness (QED) is 0.922. The summed E-state index contributed by atoms with van der Waals surface area (Å²) in [6, 6.07) is 8.55. The topological polar surface area (TPSA) is 38.5 Å². The van der Waals surface area contributed by atoms with Crippen LogP contribution in [0.3, 0.4) is 0 Å². The minimum atomic E-state index is -0.117. The summed E-state index contributed by atoms with van der Waals surface area (Å²) in [4.78, 5) is 2.43. The molecule has 0 aromatic heterocycles. The molecule has 0 spiro atoms. The van der Waals surface area contributed by atoms with E-state index in [0.29, 0.717) is 0 Å². The lowest BCUT2D eigenvalue weighted by molar-refractivity contribution is -0.181. The van der Waals surface area contributed by atoms with Gasteiger partial charge in [-0.2, -0.15) is 0 Å². The summed E-state index contributed by atoms with van der Waals surface area (Å²) in [5, 5.41) is 0. The third-order valence-corrected chi connectivity index (χ3v) is 3.69. The molecular formula is C17H28N2O. The van der Waals surface area contributed by atoms with Gasteiger partial charge in [0.2, 0.25) is 0 Å². The summed E-state index contributed by atoms with van der Waals surface area (Å²) < 4.78 is 6.12. The van der Waals surface area contributed by atoms with Crippen LogP contribution in [0.2, 0.25) is 0 Å². The van der Waals surface area contributed by atoms with E-state index in [4.69, 9.17) is 10.5 Å². The zero-order valence-corrected chi connectivity index (χ0v) is 13.4. The maximum absolute atomic E-state index is 6.39. The lowest BCUT2D eigenvalue weighted by Crippen LogP contribution is -2.58. The Morgan fingerprint density at radius 1 is 1.20 bits per heavy atom. The Hall–Kier alpha value is -0.900. The van der Waals surface area contributed by atoms with E-state index in [2.05, 4.69) is 63.8 Å². The number of benzene rings is 1. The maximum atomic E-state index is 6.39. The largest absolute Gasteiger partial charge is 0.367 e. The molecule has 3 heteroatoms. The van der Waals surface area contributed by atoms with Gasteiger partial charge in [0.15, 0.2) is 0 Å². The molecule has 1 heterocycles. The second-order valence-electron chi connectivity index (χ2n) is 7.31. The highest BCUT2D eigenvalue weighted by Gasteiger charge is 2.38. The Morgan fingerprint density at radius 2 is 1.80 bits per heavy atom. The summed E-state index contributed by atoms with van der Waals surface area (Å²) in [6.07, 6.45) is 0. The van der Waals surface area contributed by atoms with Gasteiger partial charge in [0.05, 0.1) is 11.2 Å². The fraction of sp³-hybridized carbons (Fsp3) is 0.647. The van der Waals surface area contributed by atoms with Crippen LogP contribution in [0.5, 0.6) is 0 Å². The molecule has 0 radical (unpaired) electrons. The van der Waals surface area contributed by atoms with Gasteiger partial charge in [-0.3, -0.25) is 4.90 Å². The summed E-state index contributed by atoms with van der Waals surface area (Å²) in [5.74, 6) is 0. The van der Waals surface area contributed by atoms with E-state index >= 15 is 0 Å². The molecule has 0 bridgehead atoms. The first kappa shape index (κ1) is 15.5. The minimum absolute atomic E-state index is 0.0552. The molecule has 0 saturated carbocycles. The Bertz CT molecular complexity index is 452. The van der Waals surface area contributed by atoms with E-state index in [1.165, 1.54) is 11.1 Å². The second-order valence-corrected chi connectivity index (χ2v) is 7.31. The van der Waals surface area contributed by atoms with Crippen molar-refractivity contribution in [3.8, 4) is 0 Å². The minimum Gasteiger partial charge on any atom is -0.367 e. The first-order valence-electron chi connectivity index (χ1n) is 7.42. The molecule has 1 aliphatic rings. The van der Waals surface area contributed by atoms with Crippen molar-refractivity contribution >= 4 is 0 Å². The number of hydrogen-bond donors (Lipinski definition) is 1. The van der Waals surface area contributed by atoms with Crippen LogP contribution in [0.4, 0.5) is 0 Å². The van der Waals surface area contributed by atoms with Crippen LogP contribution < -0.4 is 5.73 Å². The van der Waals surface area contributed by atoms with Crippen molar-refractivity contribution in [3.63, 3.8) is 0 Å².